The number of carbonyl (C=O) groups is 1. The molecule has 0 aromatic carbocycles. The van der Waals surface area contributed by atoms with Gasteiger partial charge in [-0.1, -0.05) is 27.7 Å². The quantitative estimate of drug-likeness (QED) is 0.672. The Bertz CT molecular complexity index is 184. The van der Waals surface area contributed by atoms with Gasteiger partial charge in [-0.05, 0) is 17.8 Å². The van der Waals surface area contributed by atoms with Crippen LogP contribution in [0.5, 0.6) is 0 Å². The molecular weight excluding hydrogens is 150 g/mol. The average Bonchev–Trinajstić information content (AvgIpc) is 2.04. The molecule has 0 saturated carbocycles. The maximum Gasteiger partial charge on any atom is 0.220 e. The summed E-state index contributed by atoms with van der Waals surface area (Å²) in [6, 6.07) is 0.380. The van der Waals surface area contributed by atoms with Crippen LogP contribution in [-0.4, -0.2) is 11.9 Å². The van der Waals surface area contributed by atoms with Crippen molar-refractivity contribution in [3.8, 4) is 0 Å². The molecule has 70 valence electrons. The van der Waals surface area contributed by atoms with Crippen molar-refractivity contribution >= 4 is 5.91 Å². The number of amides is 1. The summed E-state index contributed by atoms with van der Waals surface area (Å²) in [5.74, 6) is 0.873. The van der Waals surface area contributed by atoms with E-state index in [9.17, 15) is 4.79 Å². The molecular formula is C10H19NO. The van der Waals surface area contributed by atoms with Crippen molar-refractivity contribution in [3.05, 3.63) is 0 Å². The fraction of sp³-hybridized carbons (Fsp3) is 0.900. The van der Waals surface area contributed by atoms with Gasteiger partial charge in [-0.3, -0.25) is 4.79 Å². The van der Waals surface area contributed by atoms with Gasteiger partial charge < -0.3 is 5.32 Å². The molecule has 1 aliphatic rings. The molecule has 0 bridgehead atoms. The second-order valence-electron chi connectivity index (χ2n) is 4.92. The van der Waals surface area contributed by atoms with Crippen molar-refractivity contribution in [1.82, 2.24) is 5.32 Å². The zero-order valence-corrected chi connectivity index (χ0v) is 8.48. The molecule has 1 unspecified atom stereocenters. The number of rotatable bonds is 2. The Balaban J connectivity index is 2.59. The Hall–Kier alpha value is -0.530. The molecule has 12 heavy (non-hydrogen) atoms. The summed E-state index contributed by atoms with van der Waals surface area (Å²) in [5.41, 5.74) is 0.154. The summed E-state index contributed by atoms with van der Waals surface area (Å²) >= 11 is 0. The highest BCUT2D eigenvalue weighted by atomic mass is 16.2. The zero-order chi connectivity index (χ0) is 9.35. The molecule has 2 heteroatoms. The Morgan fingerprint density at radius 1 is 1.58 bits per heavy atom. The SMILES string of the molecule is CC(C)CC1NC(=O)CC1(C)C. The lowest BCUT2D eigenvalue weighted by molar-refractivity contribution is -0.119. The standard InChI is InChI=1S/C10H19NO/c1-7(2)5-8-10(3,4)6-9(12)11-8/h7-8H,5-6H2,1-4H3,(H,11,12). The highest BCUT2D eigenvalue weighted by Gasteiger charge is 2.38. The lowest BCUT2D eigenvalue weighted by Gasteiger charge is -2.26. The molecule has 0 aromatic heterocycles. The van der Waals surface area contributed by atoms with Crippen molar-refractivity contribution in [2.75, 3.05) is 0 Å². The molecule has 1 atom stereocenters. The first-order chi connectivity index (χ1) is 5.42. The topological polar surface area (TPSA) is 29.1 Å². The van der Waals surface area contributed by atoms with Crippen LogP contribution in [0.2, 0.25) is 0 Å². The first-order valence-electron chi connectivity index (χ1n) is 4.71. The van der Waals surface area contributed by atoms with Crippen LogP contribution in [0.4, 0.5) is 0 Å². The Morgan fingerprint density at radius 2 is 2.17 bits per heavy atom. The molecule has 2 nitrogen and oxygen atoms in total. The maximum atomic E-state index is 11.1. The minimum Gasteiger partial charge on any atom is -0.353 e. The van der Waals surface area contributed by atoms with Gasteiger partial charge in [-0.15, -0.1) is 0 Å². The Morgan fingerprint density at radius 3 is 2.50 bits per heavy atom. The minimum absolute atomic E-state index is 0.154. The Labute approximate surface area is 74.7 Å². The third-order valence-corrected chi connectivity index (χ3v) is 2.60. The first-order valence-corrected chi connectivity index (χ1v) is 4.71. The van der Waals surface area contributed by atoms with Crippen LogP contribution >= 0.6 is 0 Å². The molecule has 1 saturated heterocycles. The summed E-state index contributed by atoms with van der Waals surface area (Å²) in [7, 11) is 0. The number of carbonyl (C=O) groups excluding carboxylic acids is 1. The van der Waals surface area contributed by atoms with Crippen molar-refractivity contribution in [2.45, 2.75) is 46.6 Å². The van der Waals surface area contributed by atoms with Gasteiger partial charge in [0.25, 0.3) is 0 Å². The maximum absolute atomic E-state index is 11.1. The van der Waals surface area contributed by atoms with Gasteiger partial charge in [0.15, 0.2) is 0 Å². The summed E-state index contributed by atoms with van der Waals surface area (Å²) < 4.78 is 0. The summed E-state index contributed by atoms with van der Waals surface area (Å²) in [6.45, 7) is 8.72. The fourth-order valence-corrected chi connectivity index (χ4v) is 1.83. The minimum atomic E-state index is 0.154. The fourth-order valence-electron chi connectivity index (χ4n) is 1.83. The van der Waals surface area contributed by atoms with E-state index in [0.717, 1.165) is 6.42 Å². The van der Waals surface area contributed by atoms with Gasteiger partial charge in [0.2, 0.25) is 5.91 Å². The van der Waals surface area contributed by atoms with E-state index in [4.69, 9.17) is 0 Å². The van der Waals surface area contributed by atoms with E-state index in [0.29, 0.717) is 18.4 Å². The van der Waals surface area contributed by atoms with Crippen LogP contribution in [-0.2, 0) is 4.79 Å². The van der Waals surface area contributed by atoms with E-state index in [1.54, 1.807) is 0 Å². The van der Waals surface area contributed by atoms with E-state index in [1.165, 1.54) is 0 Å². The third kappa shape index (κ3) is 1.99. The molecule has 0 aromatic rings. The van der Waals surface area contributed by atoms with E-state index < -0.39 is 0 Å². The van der Waals surface area contributed by atoms with Gasteiger partial charge in [0, 0.05) is 12.5 Å². The molecule has 1 N–H and O–H groups in total. The van der Waals surface area contributed by atoms with Crippen LogP contribution < -0.4 is 5.32 Å². The van der Waals surface area contributed by atoms with E-state index in [-0.39, 0.29) is 11.3 Å². The predicted octanol–water partition coefficient (Wildman–Crippen LogP) is 1.95. The number of hydrogen-bond acceptors (Lipinski definition) is 1. The smallest absolute Gasteiger partial charge is 0.220 e. The summed E-state index contributed by atoms with van der Waals surface area (Å²) in [6.07, 6.45) is 1.78. The van der Waals surface area contributed by atoms with Crippen LogP contribution in [0.1, 0.15) is 40.5 Å². The summed E-state index contributed by atoms with van der Waals surface area (Å²) in [4.78, 5) is 11.1. The van der Waals surface area contributed by atoms with Crippen LogP contribution in [0.15, 0.2) is 0 Å². The van der Waals surface area contributed by atoms with Crippen molar-refractivity contribution in [2.24, 2.45) is 11.3 Å². The molecule has 1 amide bonds. The molecule has 0 spiro atoms. The lowest BCUT2D eigenvalue weighted by atomic mass is 9.81. The molecule has 1 aliphatic heterocycles. The monoisotopic (exact) mass is 169 g/mol. The highest BCUT2D eigenvalue weighted by molar-refractivity contribution is 5.79. The van der Waals surface area contributed by atoms with Gasteiger partial charge in [0.05, 0.1) is 0 Å². The highest BCUT2D eigenvalue weighted by Crippen LogP contribution is 2.33. The van der Waals surface area contributed by atoms with Gasteiger partial charge >= 0.3 is 0 Å². The number of hydrogen-bond donors (Lipinski definition) is 1. The van der Waals surface area contributed by atoms with Gasteiger partial charge in [-0.2, -0.15) is 0 Å². The normalized spacial score (nSPS) is 27.8. The van der Waals surface area contributed by atoms with Crippen molar-refractivity contribution in [3.63, 3.8) is 0 Å². The van der Waals surface area contributed by atoms with E-state index >= 15 is 0 Å². The second kappa shape index (κ2) is 3.08. The summed E-state index contributed by atoms with van der Waals surface area (Å²) in [5, 5.41) is 3.04. The van der Waals surface area contributed by atoms with Crippen molar-refractivity contribution < 1.29 is 4.79 Å². The lowest BCUT2D eigenvalue weighted by Crippen LogP contribution is -2.34. The molecule has 0 radical (unpaired) electrons. The average molecular weight is 169 g/mol. The Kier molecular flexibility index (Phi) is 2.45. The predicted molar refractivity (Wildman–Crippen MR) is 49.8 cm³/mol. The molecule has 0 aliphatic carbocycles. The largest absolute Gasteiger partial charge is 0.353 e. The van der Waals surface area contributed by atoms with Crippen LogP contribution in [0, 0.1) is 11.3 Å². The van der Waals surface area contributed by atoms with Gasteiger partial charge in [0.1, 0.15) is 0 Å². The van der Waals surface area contributed by atoms with Crippen LogP contribution in [0.3, 0.4) is 0 Å². The third-order valence-electron chi connectivity index (χ3n) is 2.60. The molecule has 1 heterocycles. The first kappa shape index (κ1) is 9.56. The van der Waals surface area contributed by atoms with Crippen LogP contribution in [0.25, 0.3) is 0 Å². The zero-order valence-electron chi connectivity index (χ0n) is 8.48. The number of nitrogens with one attached hydrogen (secondary N) is 1. The van der Waals surface area contributed by atoms with E-state index in [1.807, 2.05) is 0 Å². The van der Waals surface area contributed by atoms with Crippen molar-refractivity contribution in [1.29, 1.82) is 0 Å². The second-order valence-corrected chi connectivity index (χ2v) is 4.92. The van der Waals surface area contributed by atoms with Gasteiger partial charge in [-0.25, -0.2) is 0 Å². The molecule has 1 rings (SSSR count). The van der Waals surface area contributed by atoms with E-state index in [2.05, 4.69) is 33.0 Å². The molecule has 1 fully saturated rings.